The second kappa shape index (κ2) is 8.37. The van der Waals surface area contributed by atoms with E-state index >= 15 is 0 Å². The maximum Gasteiger partial charge on any atom is 0.416 e. The number of ether oxygens (including phenoxy) is 1. The lowest BCUT2D eigenvalue weighted by Gasteiger charge is -2.09. The Balaban J connectivity index is 1.82. The quantitative estimate of drug-likeness (QED) is 0.790. The molecular weight excluding hydrogens is 349 g/mol. The van der Waals surface area contributed by atoms with Crippen LogP contribution in [-0.2, 0) is 17.4 Å². The van der Waals surface area contributed by atoms with E-state index in [2.05, 4.69) is 5.32 Å². The van der Waals surface area contributed by atoms with Crippen LogP contribution < -0.4 is 15.8 Å². The molecule has 0 spiro atoms. The molecule has 0 fully saturated rings. The molecule has 0 aliphatic carbocycles. The molecule has 138 valence electrons. The third kappa shape index (κ3) is 5.80. The number of alkyl halides is 3. The Morgan fingerprint density at radius 3 is 2.15 bits per heavy atom. The highest BCUT2D eigenvalue weighted by atomic mass is 19.4. The number of nitrogens with one attached hydrogen (secondary N) is 1. The molecule has 5 nitrogen and oxygen atoms in total. The zero-order chi connectivity index (χ0) is 19.2. The first-order chi connectivity index (χ1) is 12.3. The number of hydrogen-bond donors (Lipinski definition) is 2. The van der Waals surface area contributed by atoms with E-state index in [4.69, 9.17) is 10.5 Å². The van der Waals surface area contributed by atoms with Crippen LogP contribution in [0.2, 0.25) is 0 Å². The Bertz CT molecular complexity index is 757. The molecule has 26 heavy (non-hydrogen) atoms. The van der Waals surface area contributed by atoms with Gasteiger partial charge in [-0.25, -0.2) is 0 Å². The maximum absolute atomic E-state index is 12.5. The molecule has 0 aliphatic heterocycles. The molecule has 0 aliphatic rings. The third-order valence-corrected chi connectivity index (χ3v) is 3.48. The molecule has 8 heteroatoms. The number of rotatable bonds is 7. The van der Waals surface area contributed by atoms with Crippen molar-refractivity contribution in [3.05, 3.63) is 65.2 Å². The van der Waals surface area contributed by atoms with Crippen molar-refractivity contribution in [3.63, 3.8) is 0 Å². The highest BCUT2D eigenvalue weighted by Crippen LogP contribution is 2.29. The largest absolute Gasteiger partial charge is 0.484 e. The Hall–Kier alpha value is -3.03. The lowest BCUT2D eigenvalue weighted by molar-refractivity contribution is -0.137. The van der Waals surface area contributed by atoms with Gasteiger partial charge in [0.15, 0.2) is 6.61 Å². The van der Waals surface area contributed by atoms with E-state index in [1.54, 1.807) is 0 Å². The van der Waals surface area contributed by atoms with Gasteiger partial charge >= 0.3 is 6.18 Å². The minimum Gasteiger partial charge on any atom is -0.484 e. The number of nitrogens with two attached hydrogens (primary N) is 1. The predicted octanol–water partition coefficient (Wildman–Crippen LogP) is 2.54. The fourth-order valence-corrected chi connectivity index (χ4v) is 2.14. The Morgan fingerprint density at radius 1 is 1.00 bits per heavy atom. The molecule has 0 saturated carbocycles. The molecule has 2 aromatic rings. The second-order valence-corrected chi connectivity index (χ2v) is 5.48. The average molecular weight is 366 g/mol. The van der Waals surface area contributed by atoms with Crippen LogP contribution in [0.4, 0.5) is 13.2 Å². The van der Waals surface area contributed by atoms with E-state index in [1.807, 2.05) is 0 Å². The van der Waals surface area contributed by atoms with E-state index in [9.17, 15) is 22.8 Å². The summed E-state index contributed by atoms with van der Waals surface area (Å²) < 4.78 is 42.6. The van der Waals surface area contributed by atoms with Crippen LogP contribution in [-0.4, -0.2) is 25.0 Å². The summed E-state index contributed by atoms with van der Waals surface area (Å²) in [5, 5.41) is 2.69. The first-order valence-corrected chi connectivity index (χ1v) is 7.71. The molecule has 3 N–H and O–H groups in total. The summed E-state index contributed by atoms with van der Waals surface area (Å²) >= 11 is 0. The van der Waals surface area contributed by atoms with Crippen LogP contribution in [0.3, 0.4) is 0 Å². The fourth-order valence-electron chi connectivity index (χ4n) is 2.14. The SMILES string of the molecule is NC(=O)COc1ccc(C(=O)NCCc2ccc(C(F)(F)F)cc2)cc1. The maximum atomic E-state index is 12.5. The topological polar surface area (TPSA) is 81.4 Å². The van der Waals surface area contributed by atoms with E-state index in [-0.39, 0.29) is 19.1 Å². The molecule has 0 radical (unpaired) electrons. The van der Waals surface area contributed by atoms with Crippen LogP contribution in [0.5, 0.6) is 5.75 Å². The van der Waals surface area contributed by atoms with Gasteiger partial charge in [-0.15, -0.1) is 0 Å². The molecular formula is C18H17F3N2O3. The molecule has 0 unspecified atom stereocenters. The van der Waals surface area contributed by atoms with Gasteiger partial charge in [-0.3, -0.25) is 9.59 Å². The van der Waals surface area contributed by atoms with Crippen LogP contribution in [0.15, 0.2) is 48.5 Å². The van der Waals surface area contributed by atoms with Gasteiger partial charge < -0.3 is 15.8 Å². The van der Waals surface area contributed by atoms with Gasteiger partial charge in [-0.2, -0.15) is 13.2 Å². The summed E-state index contributed by atoms with van der Waals surface area (Å²) in [4.78, 5) is 22.7. The van der Waals surface area contributed by atoms with Crippen LogP contribution in [0, 0.1) is 0 Å². The number of halogens is 3. The van der Waals surface area contributed by atoms with Gasteiger partial charge in [0.2, 0.25) is 0 Å². The van der Waals surface area contributed by atoms with Crippen molar-refractivity contribution in [2.45, 2.75) is 12.6 Å². The predicted molar refractivity (Wildman–Crippen MR) is 88.6 cm³/mol. The number of benzene rings is 2. The highest BCUT2D eigenvalue weighted by molar-refractivity contribution is 5.94. The first-order valence-electron chi connectivity index (χ1n) is 7.71. The van der Waals surface area contributed by atoms with Gasteiger partial charge in [0.1, 0.15) is 5.75 Å². The van der Waals surface area contributed by atoms with Crippen LogP contribution >= 0.6 is 0 Å². The molecule has 0 heterocycles. The number of carbonyl (C=O) groups is 2. The highest BCUT2D eigenvalue weighted by Gasteiger charge is 2.29. The van der Waals surface area contributed by atoms with Crippen molar-refractivity contribution in [2.75, 3.05) is 13.2 Å². The monoisotopic (exact) mass is 366 g/mol. The Kier molecular flexibility index (Phi) is 6.21. The minimum atomic E-state index is -4.36. The smallest absolute Gasteiger partial charge is 0.416 e. The second-order valence-electron chi connectivity index (χ2n) is 5.48. The Labute approximate surface area is 148 Å². The van der Waals surface area contributed by atoms with Gasteiger partial charge in [-0.05, 0) is 48.4 Å². The Morgan fingerprint density at radius 2 is 1.62 bits per heavy atom. The number of hydrogen-bond acceptors (Lipinski definition) is 3. The summed E-state index contributed by atoms with van der Waals surface area (Å²) in [6, 6.07) is 10.9. The average Bonchev–Trinajstić information content (AvgIpc) is 2.60. The summed E-state index contributed by atoms with van der Waals surface area (Å²) in [7, 11) is 0. The van der Waals surface area contributed by atoms with Gasteiger partial charge in [0.25, 0.3) is 11.8 Å². The van der Waals surface area contributed by atoms with E-state index in [0.29, 0.717) is 23.3 Å². The molecule has 0 aromatic heterocycles. The lowest BCUT2D eigenvalue weighted by atomic mass is 10.1. The van der Waals surface area contributed by atoms with Crippen molar-refractivity contribution >= 4 is 11.8 Å². The van der Waals surface area contributed by atoms with Crippen molar-refractivity contribution in [1.29, 1.82) is 0 Å². The van der Waals surface area contributed by atoms with Gasteiger partial charge in [0, 0.05) is 12.1 Å². The van der Waals surface area contributed by atoms with E-state index < -0.39 is 17.6 Å². The standard InChI is InChI=1S/C18H17F3N2O3/c19-18(20,21)14-5-1-12(2-6-14)9-10-23-17(25)13-3-7-15(8-4-13)26-11-16(22)24/h1-8H,9-11H2,(H2,22,24)(H,23,25). The number of primary amides is 1. The van der Waals surface area contributed by atoms with Gasteiger partial charge in [0.05, 0.1) is 5.56 Å². The molecule has 2 rings (SSSR count). The lowest BCUT2D eigenvalue weighted by Crippen LogP contribution is -2.25. The molecule has 0 saturated heterocycles. The minimum absolute atomic E-state index is 0.251. The van der Waals surface area contributed by atoms with Crippen LogP contribution in [0.1, 0.15) is 21.5 Å². The van der Waals surface area contributed by atoms with Crippen LogP contribution in [0.25, 0.3) is 0 Å². The van der Waals surface area contributed by atoms with Crippen molar-refractivity contribution in [1.82, 2.24) is 5.32 Å². The normalized spacial score (nSPS) is 11.0. The molecule has 0 atom stereocenters. The number of amides is 2. The summed E-state index contributed by atoms with van der Waals surface area (Å²) in [6.07, 6.45) is -3.95. The fraction of sp³-hybridized carbons (Fsp3) is 0.222. The zero-order valence-electron chi connectivity index (χ0n) is 13.7. The van der Waals surface area contributed by atoms with Crippen molar-refractivity contribution < 1.29 is 27.5 Å². The molecule has 2 amide bonds. The molecule has 2 aromatic carbocycles. The summed E-state index contributed by atoms with van der Waals surface area (Å²) in [5.74, 6) is -0.515. The van der Waals surface area contributed by atoms with Crippen molar-refractivity contribution in [2.24, 2.45) is 5.73 Å². The van der Waals surface area contributed by atoms with Crippen molar-refractivity contribution in [3.8, 4) is 5.75 Å². The van der Waals surface area contributed by atoms with E-state index in [1.165, 1.54) is 36.4 Å². The first kappa shape index (κ1) is 19.3. The van der Waals surface area contributed by atoms with E-state index in [0.717, 1.165) is 12.1 Å². The van der Waals surface area contributed by atoms with Gasteiger partial charge in [-0.1, -0.05) is 12.1 Å². The summed E-state index contributed by atoms with van der Waals surface area (Å²) in [6.45, 7) is 0.0306. The zero-order valence-corrected chi connectivity index (χ0v) is 13.7. The third-order valence-electron chi connectivity index (χ3n) is 3.48. The molecule has 0 bridgehead atoms. The number of carbonyl (C=O) groups excluding carboxylic acids is 2. The summed E-state index contributed by atoms with van der Waals surface area (Å²) in [5.41, 5.74) is 5.34.